The van der Waals surface area contributed by atoms with Crippen molar-refractivity contribution < 1.29 is 27.4 Å². The van der Waals surface area contributed by atoms with Gasteiger partial charge in [-0.3, -0.25) is 0 Å². The molecule has 42 heavy (non-hydrogen) atoms. The summed E-state index contributed by atoms with van der Waals surface area (Å²) in [4.78, 5) is 21.2. The van der Waals surface area contributed by atoms with Crippen LogP contribution >= 0.6 is 0 Å². The smallest absolute Gasteiger partial charge is 0.416 e. The molecular formula is C31H41F3N4O3Si. The van der Waals surface area contributed by atoms with Gasteiger partial charge in [0.1, 0.15) is 18.2 Å². The first-order valence-corrected chi connectivity index (χ1v) is 18.0. The number of carbonyl (C=O) groups excluding carboxylic acids is 1. The molecule has 0 saturated carbocycles. The molecule has 1 amide bonds. The Kier molecular flexibility index (Phi) is 9.41. The summed E-state index contributed by atoms with van der Waals surface area (Å²) in [6.07, 6.45) is -3.00. The van der Waals surface area contributed by atoms with Gasteiger partial charge >= 0.3 is 12.3 Å². The number of anilines is 1. The molecule has 4 rings (SSSR count). The van der Waals surface area contributed by atoms with Gasteiger partial charge in [-0.25, -0.2) is 9.78 Å². The number of aromatic nitrogens is 2. The number of alkyl halides is 3. The summed E-state index contributed by atoms with van der Waals surface area (Å²) in [6, 6.07) is 14.2. The van der Waals surface area contributed by atoms with Gasteiger partial charge in [0.2, 0.25) is 0 Å². The average Bonchev–Trinajstić information content (AvgIpc) is 3.34. The maximum Gasteiger partial charge on any atom is 0.416 e. The molecule has 1 aliphatic rings. The summed E-state index contributed by atoms with van der Waals surface area (Å²) < 4.78 is 53.7. The summed E-state index contributed by atoms with van der Waals surface area (Å²) in [5.41, 5.74) is 1.38. The van der Waals surface area contributed by atoms with Gasteiger partial charge in [0.05, 0.1) is 11.3 Å². The van der Waals surface area contributed by atoms with Crippen molar-refractivity contribution in [3.63, 3.8) is 0 Å². The van der Waals surface area contributed by atoms with Crippen LogP contribution in [0, 0.1) is 0 Å². The van der Waals surface area contributed by atoms with E-state index in [-0.39, 0.29) is 12.8 Å². The Hall–Kier alpha value is -3.31. The maximum absolute atomic E-state index is 13.4. The molecule has 1 aliphatic heterocycles. The molecule has 0 aliphatic carbocycles. The zero-order valence-corrected chi connectivity index (χ0v) is 26.3. The minimum absolute atomic E-state index is 0.241. The van der Waals surface area contributed by atoms with E-state index in [9.17, 15) is 18.0 Å². The molecule has 0 radical (unpaired) electrons. The minimum atomic E-state index is -4.44. The second kappa shape index (κ2) is 12.5. The number of benzene rings is 2. The lowest BCUT2D eigenvalue weighted by Crippen LogP contribution is -2.50. The Morgan fingerprint density at radius 3 is 2.26 bits per heavy atom. The van der Waals surface area contributed by atoms with E-state index in [4.69, 9.17) is 14.5 Å². The first kappa shape index (κ1) is 31.6. The van der Waals surface area contributed by atoms with E-state index in [1.165, 1.54) is 6.07 Å². The molecule has 0 atom stereocenters. The van der Waals surface area contributed by atoms with E-state index < -0.39 is 25.4 Å². The molecule has 1 fully saturated rings. The van der Waals surface area contributed by atoms with Crippen molar-refractivity contribution in [2.24, 2.45) is 0 Å². The van der Waals surface area contributed by atoms with Crippen LogP contribution < -0.4 is 4.90 Å². The molecule has 7 nitrogen and oxygen atoms in total. The Balaban J connectivity index is 1.57. The molecule has 0 N–H and O–H groups in total. The Morgan fingerprint density at radius 2 is 1.62 bits per heavy atom. The van der Waals surface area contributed by atoms with E-state index in [1.54, 1.807) is 17.2 Å². The van der Waals surface area contributed by atoms with E-state index >= 15 is 0 Å². The minimum Gasteiger partial charge on any atom is -0.444 e. The number of ether oxygens (including phenoxy) is 2. The fourth-order valence-corrected chi connectivity index (χ4v) is 5.35. The van der Waals surface area contributed by atoms with Gasteiger partial charge in [-0.15, -0.1) is 0 Å². The topological polar surface area (TPSA) is 59.8 Å². The fraction of sp³-hybridized carbons (Fsp3) is 0.484. The highest BCUT2D eigenvalue weighted by Gasteiger charge is 2.31. The molecule has 11 heteroatoms. The highest BCUT2D eigenvalue weighted by molar-refractivity contribution is 6.76. The fourth-order valence-electron chi connectivity index (χ4n) is 4.60. The van der Waals surface area contributed by atoms with Crippen LogP contribution in [0.15, 0.2) is 54.7 Å². The van der Waals surface area contributed by atoms with Gasteiger partial charge < -0.3 is 23.8 Å². The van der Waals surface area contributed by atoms with Crippen LogP contribution in [0.3, 0.4) is 0 Å². The van der Waals surface area contributed by atoms with E-state index in [2.05, 4.69) is 24.5 Å². The Labute approximate surface area is 247 Å². The second-order valence-electron chi connectivity index (χ2n) is 12.9. The molecule has 3 aromatic rings. The summed E-state index contributed by atoms with van der Waals surface area (Å²) in [7, 11) is -1.29. The van der Waals surface area contributed by atoms with Crippen molar-refractivity contribution in [1.82, 2.24) is 14.5 Å². The van der Waals surface area contributed by atoms with Crippen LogP contribution in [0.25, 0.3) is 22.6 Å². The number of carbonyl (C=O) groups is 1. The zero-order valence-electron chi connectivity index (χ0n) is 25.3. The van der Waals surface area contributed by atoms with Gasteiger partial charge in [0.15, 0.2) is 0 Å². The summed E-state index contributed by atoms with van der Waals surface area (Å²) in [5, 5.41) is 0. The third-order valence-corrected chi connectivity index (χ3v) is 8.59. The SMILES string of the molecule is CC(C)(C)OC(=O)N1CCN(c2cccc(-c3nc(-c4cccc(C(F)(F)F)c4)cn3COCC[Si](C)(C)C)c2)CC1. The van der Waals surface area contributed by atoms with Crippen LogP contribution in [0.2, 0.25) is 25.7 Å². The van der Waals surface area contributed by atoms with Gasteiger partial charge in [-0.1, -0.05) is 43.9 Å². The van der Waals surface area contributed by atoms with Crippen molar-refractivity contribution in [2.75, 3.05) is 37.7 Å². The molecule has 0 bridgehead atoms. The predicted molar refractivity (Wildman–Crippen MR) is 162 cm³/mol. The largest absolute Gasteiger partial charge is 0.444 e. The molecular weight excluding hydrogens is 561 g/mol. The molecule has 0 unspecified atom stereocenters. The Morgan fingerprint density at radius 1 is 0.952 bits per heavy atom. The van der Waals surface area contributed by atoms with E-state index in [0.29, 0.717) is 49.9 Å². The van der Waals surface area contributed by atoms with Gasteiger partial charge in [-0.05, 0) is 51.1 Å². The van der Waals surface area contributed by atoms with Crippen molar-refractivity contribution in [3.8, 4) is 22.6 Å². The number of imidazole rings is 1. The number of hydrogen-bond donors (Lipinski definition) is 0. The van der Waals surface area contributed by atoms with E-state index in [0.717, 1.165) is 29.4 Å². The number of nitrogens with zero attached hydrogens (tertiary/aromatic N) is 4. The number of halogens is 3. The molecule has 228 valence electrons. The maximum atomic E-state index is 13.4. The van der Waals surface area contributed by atoms with Crippen LogP contribution in [0.4, 0.5) is 23.7 Å². The van der Waals surface area contributed by atoms with Gasteiger partial charge in [0.25, 0.3) is 0 Å². The van der Waals surface area contributed by atoms with Crippen LogP contribution in [0.1, 0.15) is 26.3 Å². The molecule has 1 saturated heterocycles. The summed E-state index contributed by atoms with van der Waals surface area (Å²) >= 11 is 0. The lowest BCUT2D eigenvalue weighted by molar-refractivity contribution is -0.137. The van der Waals surface area contributed by atoms with Crippen molar-refractivity contribution in [1.29, 1.82) is 0 Å². The molecule has 1 aromatic heterocycles. The number of hydrogen-bond acceptors (Lipinski definition) is 5. The second-order valence-corrected chi connectivity index (χ2v) is 18.5. The highest BCUT2D eigenvalue weighted by Crippen LogP contribution is 2.33. The Bertz CT molecular complexity index is 1370. The third kappa shape index (κ3) is 8.60. The van der Waals surface area contributed by atoms with Gasteiger partial charge in [-0.2, -0.15) is 13.2 Å². The summed E-state index contributed by atoms with van der Waals surface area (Å²) in [6.45, 7) is 15.6. The number of amides is 1. The van der Waals surface area contributed by atoms with Crippen molar-refractivity contribution in [2.45, 2.75) is 65.0 Å². The monoisotopic (exact) mass is 602 g/mol. The van der Waals surface area contributed by atoms with Crippen molar-refractivity contribution in [3.05, 3.63) is 60.3 Å². The zero-order chi connectivity index (χ0) is 30.7. The summed E-state index contributed by atoms with van der Waals surface area (Å²) in [5.74, 6) is 0.615. The first-order chi connectivity index (χ1) is 19.6. The van der Waals surface area contributed by atoms with Crippen LogP contribution in [-0.4, -0.2) is 67.0 Å². The standard InChI is InChI=1S/C31H41F3N4O3Si/c1-30(2,3)41-29(39)37-15-13-36(14-16-37)26-12-8-10-24(20-26)28-35-27(21-38(28)22-40-17-18-42(4,5)6)23-9-7-11-25(19-23)31(32,33)34/h7-12,19-21H,13-18,22H2,1-6H3. The molecule has 2 aromatic carbocycles. The highest BCUT2D eigenvalue weighted by atomic mass is 28.3. The lowest BCUT2D eigenvalue weighted by Gasteiger charge is -2.36. The molecule has 0 spiro atoms. The third-order valence-electron chi connectivity index (χ3n) is 6.89. The molecule has 2 heterocycles. The predicted octanol–water partition coefficient (Wildman–Crippen LogP) is 7.61. The number of piperazine rings is 1. The van der Waals surface area contributed by atoms with Crippen molar-refractivity contribution >= 4 is 19.9 Å². The van der Waals surface area contributed by atoms with Crippen LogP contribution in [0.5, 0.6) is 0 Å². The average molecular weight is 603 g/mol. The van der Waals surface area contributed by atoms with Crippen LogP contribution in [-0.2, 0) is 22.4 Å². The quantitative estimate of drug-likeness (QED) is 0.196. The lowest BCUT2D eigenvalue weighted by atomic mass is 10.1. The van der Waals surface area contributed by atoms with E-state index in [1.807, 2.05) is 49.6 Å². The first-order valence-electron chi connectivity index (χ1n) is 14.2. The normalized spacial score (nSPS) is 14.8. The van der Waals surface area contributed by atoms with Gasteiger partial charge in [0, 0.05) is 63.9 Å². The number of rotatable bonds is 8.